The molecule has 0 bridgehead atoms. The van der Waals surface area contributed by atoms with Crippen molar-refractivity contribution in [1.29, 1.82) is 0 Å². The van der Waals surface area contributed by atoms with Gasteiger partial charge in [-0.25, -0.2) is 14.4 Å². The zero-order valence-corrected chi connectivity index (χ0v) is 19.0. The summed E-state index contributed by atoms with van der Waals surface area (Å²) in [7, 11) is 3.08. The molecule has 0 saturated heterocycles. The van der Waals surface area contributed by atoms with Gasteiger partial charge in [-0.1, -0.05) is 12.1 Å². The molecule has 4 rings (SSSR count). The number of nitrogens with one attached hydrogen (secondary N) is 1. The third-order valence-electron chi connectivity index (χ3n) is 5.07. The summed E-state index contributed by atoms with van der Waals surface area (Å²) in [6.07, 6.45) is 3.59. The number of ketones is 2. The maximum Gasteiger partial charge on any atom is 0.222 e. The number of benzene rings is 2. The highest BCUT2D eigenvalue weighted by Gasteiger charge is 2.23. The lowest BCUT2D eigenvalue weighted by Gasteiger charge is -2.16. The predicted molar refractivity (Wildman–Crippen MR) is 124 cm³/mol. The van der Waals surface area contributed by atoms with E-state index in [9.17, 15) is 14.0 Å². The topological polar surface area (TPSA) is 109 Å². The standard InChI is InChI=1S/C25H22FN3O6/c1-32-7-8-34-24-11-18-17(9-23(24)33-2)25(28-14-27-18)29-19-10-21(31)22(12-20(19)30)35-13-15-3-5-16(26)6-4-15/h3-6,9-12,14H,7-8,13H2,1-2H3,(H,27,28,29). The van der Waals surface area contributed by atoms with Gasteiger partial charge in [-0.15, -0.1) is 0 Å². The number of carbonyl (C=O) groups is 2. The first-order valence-electron chi connectivity index (χ1n) is 10.6. The van der Waals surface area contributed by atoms with Gasteiger partial charge in [0.15, 0.2) is 17.3 Å². The maximum absolute atomic E-state index is 13.0. The summed E-state index contributed by atoms with van der Waals surface area (Å²) in [6, 6.07) is 9.03. The Kier molecular flexibility index (Phi) is 7.32. The van der Waals surface area contributed by atoms with Gasteiger partial charge < -0.3 is 24.3 Å². The lowest BCUT2D eigenvalue weighted by atomic mass is 10.1. The van der Waals surface area contributed by atoms with Gasteiger partial charge in [0, 0.05) is 30.7 Å². The first-order chi connectivity index (χ1) is 17.0. The van der Waals surface area contributed by atoms with Crippen LogP contribution in [0.5, 0.6) is 11.5 Å². The van der Waals surface area contributed by atoms with Gasteiger partial charge in [0.05, 0.1) is 24.9 Å². The minimum Gasteiger partial charge on any atom is -0.493 e. The lowest BCUT2D eigenvalue weighted by molar-refractivity contribution is -0.117. The van der Waals surface area contributed by atoms with Crippen LogP contribution in [0.25, 0.3) is 10.9 Å². The van der Waals surface area contributed by atoms with E-state index in [1.165, 1.54) is 37.7 Å². The van der Waals surface area contributed by atoms with Gasteiger partial charge >= 0.3 is 0 Å². The molecule has 1 N–H and O–H groups in total. The molecule has 1 aliphatic rings. The van der Waals surface area contributed by atoms with E-state index >= 15 is 0 Å². The second-order valence-corrected chi connectivity index (χ2v) is 7.42. The summed E-state index contributed by atoms with van der Waals surface area (Å²) in [5.74, 6) is -0.181. The summed E-state index contributed by atoms with van der Waals surface area (Å²) in [6.45, 7) is 0.758. The normalized spacial score (nSPS) is 13.3. The van der Waals surface area contributed by atoms with Crippen LogP contribution in [0.2, 0.25) is 0 Å². The molecule has 3 aromatic rings. The fourth-order valence-corrected chi connectivity index (χ4v) is 3.29. The average molecular weight is 479 g/mol. The number of hydrogen-bond acceptors (Lipinski definition) is 9. The second kappa shape index (κ2) is 10.7. The SMILES string of the molecule is COCCOc1cc2ncnc(NC3=CC(=O)C(OCc4ccc(F)cc4)=CC3=O)c2cc1OC. The Morgan fingerprint density at radius 2 is 1.71 bits per heavy atom. The lowest BCUT2D eigenvalue weighted by Crippen LogP contribution is -2.20. The highest BCUT2D eigenvalue weighted by molar-refractivity contribution is 6.20. The van der Waals surface area contributed by atoms with Crippen LogP contribution in [-0.2, 0) is 25.7 Å². The molecule has 0 unspecified atom stereocenters. The van der Waals surface area contributed by atoms with Gasteiger partial charge in [-0.05, 0) is 23.8 Å². The Balaban J connectivity index is 1.51. The fourth-order valence-electron chi connectivity index (χ4n) is 3.29. The quantitative estimate of drug-likeness (QED) is 0.346. The highest BCUT2D eigenvalue weighted by atomic mass is 19.1. The van der Waals surface area contributed by atoms with Crippen LogP contribution < -0.4 is 14.8 Å². The van der Waals surface area contributed by atoms with Crippen molar-refractivity contribution in [2.45, 2.75) is 6.61 Å². The second-order valence-electron chi connectivity index (χ2n) is 7.42. The minimum absolute atomic E-state index is 0.0207. The fraction of sp³-hybridized carbons (Fsp3) is 0.200. The van der Waals surface area contributed by atoms with Crippen LogP contribution >= 0.6 is 0 Å². The summed E-state index contributed by atoms with van der Waals surface area (Å²) >= 11 is 0. The minimum atomic E-state index is -0.487. The van der Waals surface area contributed by atoms with Crippen LogP contribution in [0.15, 0.2) is 66.3 Å². The summed E-state index contributed by atoms with van der Waals surface area (Å²) in [4.78, 5) is 33.7. The molecule has 180 valence electrons. The van der Waals surface area contributed by atoms with E-state index in [-0.39, 0.29) is 23.9 Å². The Labute approximate surface area is 200 Å². The molecule has 1 aromatic heterocycles. The molecule has 0 amide bonds. The molecule has 0 saturated carbocycles. The first-order valence-corrected chi connectivity index (χ1v) is 10.6. The molecule has 1 aliphatic carbocycles. The molecule has 1 heterocycles. The zero-order valence-electron chi connectivity index (χ0n) is 19.0. The van der Waals surface area contributed by atoms with Crippen molar-refractivity contribution in [3.63, 3.8) is 0 Å². The van der Waals surface area contributed by atoms with Crippen molar-refractivity contribution in [2.75, 3.05) is 32.8 Å². The molecule has 0 atom stereocenters. The number of nitrogens with zero attached hydrogens (tertiary/aromatic N) is 2. The number of ether oxygens (including phenoxy) is 4. The number of halogens is 1. The summed E-state index contributed by atoms with van der Waals surface area (Å²) < 4.78 is 34.6. The number of aromatic nitrogens is 2. The van der Waals surface area contributed by atoms with Gasteiger partial charge in [0.1, 0.15) is 31.2 Å². The van der Waals surface area contributed by atoms with E-state index in [1.807, 2.05) is 0 Å². The summed E-state index contributed by atoms with van der Waals surface area (Å²) in [5.41, 5.74) is 1.24. The monoisotopic (exact) mass is 479 g/mol. The molecule has 0 aliphatic heterocycles. The Morgan fingerprint density at radius 1 is 0.914 bits per heavy atom. The number of hydrogen-bond donors (Lipinski definition) is 1. The van der Waals surface area contributed by atoms with Gasteiger partial charge in [-0.2, -0.15) is 0 Å². The molecule has 0 spiro atoms. The van der Waals surface area contributed by atoms with Crippen molar-refractivity contribution in [3.8, 4) is 11.5 Å². The van der Waals surface area contributed by atoms with E-state index in [0.717, 1.165) is 12.2 Å². The Morgan fingerprint density at radius 3 is 2.46 bits per heavy atom. The van der Waals surface area contributed by atoms with Crippen molar-refractivity contribution in [3.05, 3.63) is 77.7 Å². The maximum atomic E-state index is 13.0. The molecule has 10 heteroatoms. The van der Waals surface area contributed by atoms with Crippen LogP contribution in [0.3, 0.4) is 0 Å². The van der Waals surface area contributed by atoms with E-state index in [2.05, 4.69) is 15.3 Å². The van der Waals surface area contributed by atoms with Crippen LogP contribution in [0, 0.1) is 5.82 Å². The van der Waals surface area contributed by atoms with Crippen LogP contribution in [0.4, 0.5) is 10.2 Å². The summed E-state index contributed by atoms with van der Waals surface area (Å²) in [5, 5.41) is 3.47. The van der Waals surface area contributed by atoms with Gasteiger partial charge in [0.2, 0.25) is 11.6 Å². The largest absolute Gasteiger partial charge is 0.493 e. The molecule has 0 radical (unpaired) electrons. The number of carbonyl (C=O) groups excluding carboxylic acids is 2. The predicted octanol–water partition coefficient (Wildman–Crippen LogP) is 3.35. The van der Waals surface area contributed by atoms with E-state index in [0.29, 0.717) is 47.0 Å². The van der Waals surface area contributed by atoms with Gasteiger partial charge in [0.25, 0.3) is 0 Å². The van der Waals surface area contributed by atoms with Crippen LogP contribution in [-0.4, -0.2) is 49.0 Å². The third kappa shape index (κ3) is 5.61. The van der Waals surface area contributed by atoms with E-state index in [4.69, 9.17) is 18.9 Å². The van der Waals surface area contributed by atoms with Crippen molar-refractivity contribution < 1.29 is 32.9 Å². The number of rotatable bonds is 10. The van der Waals surface area contributed by atoms with E-state index in [1.54, 1.807) is 19.2 Å². The molecule has 2 aromatic carbocycles. The average Bonchev–Trinajstić information content (AvgIpc) is 2.86. The number of anilines is 1. The smallest absolute Gasteiger partial charge is 0.222 e. The van der Waals surface area contributed by atoms with Crippen molar-refractivity contribution in [2.24, 2.45) is 0 Å². The number of allylic oxidation sites excluding steroid dienone is 2. The van der Waals surface area contributed by atoms with Crippen molar-refractivity contribution in [1.82, 2.24) is 9.97 Å². The Hall–Kier alpha value is -4.31. The van der Waals surface area contributed by atoms with E-state index < -0.39 is 11.6 Å². The number of fused-ring (bicyclic) bond motifs is 1. The number of methoxy groups -OCH3 is 2. The molecule has 0 fully saturated rings. The molecule has 35 heavy (non-hydrogen) atoms. The highest BCUT2D eigenvalue weighted by Crippen LogP contribution is 2.34. The molecule has 9 nitrogen and oxygen atoms in total. The van der Waals surface area contributed by atoms with Gasteiger partial charge in [-0.3, -0.25) is 9.59 Å². The zero-order chi connectivity index (χ0) is 24.8. The molecular formula is C25H22FN3O6. The van der Waals surface area contributed by atoms with Crippen molar-refractivity contribution >= 4 is 28.3 Å². The molecular weight excluding hydrogens is 457 g/mol. The Bertz CT molecular complexity index is 1320. The third-order valence-corrected chi connectivity index (χ3v) is 5.07. The first kappa shape index (κ1) is 23.8. The van der Waals surface area contributed by atoms with Crippen LogP contribution in [0.1, 0.15) is 5.56 Å².